The van der Waals surface area contributed by atoms with Gasteiger partial charge in [0, 0.05) is 18.1 Å². The van der Waals surface area contributed by atoms with Crippen molar-refractivity contribution in [3.63, 3.8) is 0 Å². The summed E-state index contributed by atoms with van der Waals surface area (Å²) in [7, 11) is 0. The quantitative estimate of drug-likeness (QED) is 0.932. The van der Waals surface area contributed by atoms with Crippen LogP contribution in [0.5, 0.6) is 0 Å². The van der Waals surface area contributed by atoms with E-state index in [1.165, 1.54) is 0 Å². The van der Waals surface area contributed by atoms with Gasteiger partial charge in [-0.25, -0.2) is 4.68 Å². The number of halogens is 1. The van der Waals surface area contributed by atoms with Crippen molar-refractivity contribution in [3.8, 4) is 5.69 Å². The van der Waals surface area contributed by atoms with Crippen molar-refractivity contribution in [3.05, 3.63) is 40.7 Å². The summed E-state index contributed by atoms with van der Waals surface area (Å²) < 4.78 is 1.64. The molecule has 2 heterocycles. The lowest BCUT2D eigenvalue weighted by molar-refractivity contribution is 0.0770. The predicted molar refractivity (Wildman–Crippen MR) is 88.8 cm³/mol. The molecule has 1 aromatic heterocycles. The Labute approximate surface area is 140 Å². The Hall–Kier alpha value is -1.92. The summed E-state index contributed by atoms with van der Waals surface area (Å²) in [5.41, 5.74) is 7.68. The van der Waals surface area contributed by atoms with Crippen LogP contribution in [0.4, 0.5) is 0 Å². The number of benzene rings is 1. The number of amides is 1. The van der Waals surface area contributed by atoms with E-state index in [9.17, 15) is 4.79 Å². The number of hydrogen-bond donors (Lipinski definition) is 1. The Morgan fingerprint density at radius 2 is 2.26 bits per heavy atom. The highest BCUT2D eigenvalue weighted by atomic mass is 35.5. The third-order valence-corrected chi connectivity index (χ3v) is 4.72. The number of rotatable bonds is 3. The molecule has 1 saturated heterocycles. The molecule has 1 amide bonds. The molecule has 0 aliphatic carbocycles. The van der Waals surface area contributed by atoms with Crippen LogP contribution in [0.1, 0.15) is 29.5 Å². The molecule has 1 fully saturated rings. The highest BCUT2D eigenvalue weighted by molar-refractivity contribution is 6.30. The minimum atomic E-state index is -0.0899. The van der Waals surface area contributed by atoms with Gasteiger partial charge in [0.2, 0.25) is 0 Å². The van der Waals surface area contributed by atoms with Crippen LogP contribution >= 0.6 is 11.6 Å². The minimum absolute atomic E-state index is 0.00743. The topological polar surface area (TPSA) is 77.0 Å². The Morgan fingerprint density at radius 1 is 1.48 bits per heavy atom. The first-order chi connectivity index (χ1) is 10.9. The van der Waals surface area contributed by atoms with E-state index in [0.29, 0.717) is 36.0 Å². The number of carbonyl (C=O) groups excluding carboxylic acids is 1. The van der Waals surface area contributed by atoms with Crippen molar-refractivity contribution in [2.24, 2.45) is 11.1 Å². The van der Waals surface area contributed by atoms with Gasteiger partial charge in [-0.15, -0.1) is 5.10 Å². The maximum Gasteiger partial charge on any atom is 0.276 e. The molecule has 0 radical (unpaired) electrons. The van der Waals surface area contributed by atoms with E-state index >= 15 is 0 Å². The lowest BCUT2D eigenvalue weighted by Gasteiger charge is -2.22. The Balaban J connectivity index is 1.86. The van der Waals surface area contributed by atoms with Crippen LogP contribution in [0.25, 0.3) is 5.69 Å². The van der Waals surface area contributed by atoms with Gasteiger partial charge in [0.25, 0.3) is 5.91 Å². The van der Waals surface area contributed by atoms with Gasteiger partial charge in [-0.05, 0) is 43.5 Å². The highest BCUT2D eigenvalue weighted by Crippen LogP contribution is 2.29. The highest BCUT2D eigenvalue weighted by Gasteiger charge is 2.36. The molecule has 3 rings (SSSR count). The average Bonchev–Trinajstić information content (AvgIpc) is 3.11. The zero-order valence-corrected chi connectivity index (χ0v) is 14.0. The van der Waals surface area contributed by atoms with Gasteiger partial charge < -0.3 is 10.6 Å². The first kappa shape index (κ1) is 16.0. The Bertz CT molecular complexity index is 744. The zero-order valence-electron chi connectivity index (χ0n) is 13.3. The van der Waals surface area contributed by atoms with E-state index in [-0.39, 0.29) is 11.3 Å². The molecule has 1 aliphatic rings. The van der Waals surface area contributed by atoms with E-state index < -0.39 is 0 Å². The lowest BCUT2D eigenvalue weighted by atomic mass is 9.90. The van der Waals surface area contributed by atoms with Crippen LogP contribution in [0.15, 0.2) is 24.3 Å². The van der Waals surface area contributed by atoms with Gasteiger partial charge in [-0.3, -0.25) is 4.79 Å². The van der Waals surface area contributed by atoms with Crippen molar-refractivity contribution in [1.82, 2.24) is 19.9 Å². The first-order valence-electron chi connectivity index (χ1n) is 7.61. The van der Waals surface area contributed by atoms with Gasteiger partial charge in [0.1, 0.15) is 0 Å². The molecule has 1 aromatic carbocycles. The molecule has 0 saturated carbocycles. The molecule has 23 heavy (non-hydrogen) atoms. The maximum atomic E-state index is 12.7. The monoisotopic (exact) mass is 333 g/mol. The number of likely N-dealkylation sites (tertiary alicyclic amines) is 1. The van der Waals surface area contributed by atoms with E-state index in [0.717, 1.165) is 12.1 Å². The molecule has 0 spiro atoms. The van der Waals surface area contributed by atoms with E-state index in [1.807, 2.05) is 24.0 Å². The summed E-state index contributed by atoms with van der Waals surface area (Å²) in [5, 5.41) is 8.81. The summed E-state index contributed by atoms with van der Waals surface area (Å²) >= 11 is 6.02. The molecule has 7 heteroatoms. The van der Waals surface area contributed by atoms with Crippen molar-refractivity contribution < 1.29 is 4.79 Å². The molecular weight excluding hydrogens is 314 g/mol. The number of carbonyl (C=O) groups is 1. The van der Waals surface area contributed by atoms with Gasteiger partial charge in [0.05, 0.1) is 11.4 Å². The van der Waals surface area contributed by atoms with Crippen molar-refractivity contribution in [2.45, 2.75) is 20.3 Å². The summed E-state index contributed by atoms with van der Waals surface area (Å²) in [6, 6.07) is 7.30. The fraction of sp³-hybridized carbons (Fsp3) is 0.438. The molecule has 1 aliphatic heterocycles. The van der Waals surface area contributed by atoms with Gasteiger partial charge in [0.15, 0.2) is 5.69 Å². The minimum Gasteiger partial charge on any atom is -0.337 e. The second-order valence-corrected chi connectivity index (χ2v) is 6.84. The molecule has 0 bridgehead atoms. The molecule has 6 nitrogen and oxygen atoms in total. The molecule has 2 aromatic rings. The van der Waals surface area contributed by atoms with Crippen LogP contribution in [0.2, 0.25) is 5.02 Å². The van der Waals surface area contributed by atoms with Crippen LogP contribution in [0.3, 0.4) is 0 Å². The average molecular weight is 334 g/mol. The maximum absolute atomic E-state index is 12.7. The fourth-order valence-corrected chi connectivity index (χ4v) is 3.08. The summed E-state index contributed by atoms with van der Waals surface area (Å²) in [5.74, 6) is -0.0899. The smallest absolute Gasteiger partial charge is 0.276 e. The zero-order chi connectivity index (χ0) is 16.6. The standard InChI is InChI=1S/C16H20ClN5O/c1-11-14(15(23)21-7-6-16(2,9-18)10-21)19-20-22(11)13-5-3-4-12(17)8-13/h3-5,8H,6-7,9-10,18H2,1-2H3. The molecular formula is C16H20ClN5O. The van der Waals surface area contributed by atoms with Gasteiger partial charge in [-0.1, -0.05) is 29.8 Å². The number of nitrogens with two attached hydrogens (primary N) is 1. The number of hydrogen-bond acceptors (Lipinski definition) is 4. The number of nitrogens with zero attached hydrogens (tertiary/aromatic N) is 4. The summed E-state index contributed by atoms with van der Waals surface area (Å²) in [4.78, 5) is 14.5. The second kappa shape index (κ2) is 5.94. The molecule has 2 N–H and O–H groups in total. The number of aromatic nitrogens is 3. The fourth-order valence-electron chi connectivity index (χ4n) is 2.89. The van der Waals surface area contributed by atoms with Crippen LogP contribution in [-0.4, -0.2) is 45.4 Å². The summed E-state index contributed by atoms with van der Waals surface area (Å²) in [6.45, 7) is 5.88. The van der Waals surface area contributed by atoms with Gasteiger partial charge >= 0.3 is 0 Å². The Morgan fingerprint density at radius 3 is 2.91 bits per heavy atom. The molecule has 1 unspecified atom stereocenters. The molecule has 122 valence electrons. The second-order valence-electron chi connectivity index (χ2n) is 6.41. The van der Waals surface area contributed by atoms with E-state index in [4.69, 9.17) is 17.3 Å². The van der Waals surface area contributed by atoms with Crippen LogP contribution in [0, 0.1) is 12.3 Å². The van der Waals surface area contributed by atoms with Gasteiger partial charge in [-0.2, -0.15) is 0 Å². The van der Waals surface area contributed by atoms with Crippen molar-refractivity contribution in [2.75, 3.05) is 19.6 Å². The SMILES string of the molecule is Cc1c(C(=O)N2CCC(C)(CN)C2)nnn1-c1cccc(Cl)c1. The lowest BCUT2D eigenvalue weighted by Crippen LogP contribution is -2.35. The molecule has 1 atom stereocenters. The van der Waals surface area contributed by atoms with E-state index in [2.05, 4.69) is 17.2 Å². The summed E-state index contributed by atoms with van der Waals surface area (Å²) in [6.07, 6.45) is 0.913. The first-order valence-corrected chi connectivity index (χ1v) is 7.99. The van der Waals surface area contributed by atoms with E-state index in [1.54, 1.807) is 16.8 Å². The normalized spacial score (nSPS) is 21.0. The predicted octanol–water partition coefficient (Wildman–Crippen LogP) is 2.04. The van der Waals surface area contributed by atoms with Crippen LogP contribution < -0.4 is 5.73 Å². The largest absolute Gasteiger partial charge is 0.337 e. The van der Waals surface area contributed by atoms with Crippen molar-refractivity contribution >= 4 is 17.5 Å². The van der Waals surface area contributed by atoms with Crippen molar-refractivity contribution in [1.29, 1.82) is 0 Å². The third kappa shape index (κ3) is 2.96. The van der Waals surface area contributed by atoms with Crippen LogP contribution in [-0.2, 0) is 0 Å². The third-order valence-electron chi connectivity index (χ3n) is 4.49. The Kier molecular flexibility index (Phi) is 4.12.